The lowest BCUT2D eigenvalue weighted by atomic mass is 10.2. The fourth-order valence-corrected chi connectivity index (χ4v) is 3.33. The number of ether oxygens (including phenoxy) is 1. The summed E-state index contributed by atoms with van der Waals surface area (Å²) in [5, 5.41) is 4.10. The van der Waals surface area contributed by atoms with Crippen molar-refractivity contribution in [2.45, 2.75) is 13.0 Å². The molecule has 1 N–H and O–H groups in total. The molecule has 21 heavy (non-hydrogen) atoms. The molecule has 0 spiro atoms. The van der Waals surface area contributed by atoms with E-state index in [1.165, 1.54) is 18.4 Å². The molecule has 1 aliphatic rings. The lowest BCUT2D eigenvalue weighted by Gasteiger charge is -2.36. The number of rotatable bonds is 5. The highest BCUT2D eigenvalue weighted by Crippen LogP contribution is 2.27. The molecule has 0 saturated carbocycles. The Morgan fingerprint density at radius 2 is 2.14 bits per heavy atom. The van der Waals surface area contributed by atoms with Gasteiger partial charge in [-0.2, -0.15) is 0 Å². The summed E-state index contributed by atoms with van der Waals surface area (Å²) in [6.07, 6.45) is 0. The molecular formula is C13H21ClN4O2S. The number of aromatic nitrogens is 1. The van der Waals surface area contributed by atoms with Crippen LogP contribution in [0.5, 0.6) is 0 Å². The van der Waals surface area contributed by atoms with Gasteiger partial charge in [-0.25, -0.2) is 9.78 Å². The van der Waals surface area contributed by atoms with Crippen molar-refractivity contribution in [1.29, 1.82) is 0 Å². The summed E-state index contributed by atoms with van der Waals surface area (Å²) in [5.74, 6) is -0.447. The minimum absolute atomic E-state index is 0.196. The molecule has 1 aromatic heterocycles. The van der Waals surface area contributed by atoms with E-state index < -0.39 is 5.97 Å². The van der Waals surface area contributed by atoms with Crippen molar-refractivity contribution in [3.8, 4) is 0 Å². The van der Waals surface area contributed by atoms with Crippen molar-refractivity contribution in [1.82, 2.24) is 14.8 Å². The Labute approximate surface area is 134 Å². The van der Waals surface area contributed by atoms with Gasteiger partial charge in [-0.3, -0.25) is 4.90 Å². The van der Waals surface area contributed by atoms with E-state index in [4.69, 9.17) is 11.6 Å². The Morgan fingerprint density at radius 1 is 1.48 bits per heavy atom. The first-order chi connectivity index (χ1) is 10.0. The number of hydrogen-bond donors (Lipinski definition) is 1. The predicted molar refractivity (Wildman–Crippen MR) is 85.5 cm³/mol. The maximum atomic E-state index is 11.5. The summed E-state index contributed by atoms with van der Waals surface area (Å²) in [7, 11) is 3.48. The van der Waals surface area contributed by atoms with Crippen LogP contribution in [0.15, 0.2) is 0 Å². The Balaban J connectivity index is 1.86. The van der Waals surface area contributed by atoms with Crippen LogP contribution in [-0.4, -0.2) is 73.7 Å². The minimum Gasteiger partial charge on any atom is -0.465 e. The van der Waals surface area contributed by atoms with Crippen LogP contribution in [-0.2, 0) is 4.74 Å². The molecule has 1 aliphatic heterocycles. The smallest absolute Gasteiger partial charge is 0.351 e. The van der Waals surface area contributed by atoms with Gasteiger partial charge in [0, 0.05) is 38.8 Å². The quantitative estimate of drug-likeness (QED) is 0.827. The van der Waals surface area contributed by atoms with Crippen LogP contribution in [0.25, 0.3) is 0 Å². The largest absolute Gasteiger partial charge is 0.465 e. The second-order valence-electron chi connectivity index (χ2n) is 5.20. The molecule has 2 heterocycles. The number of piperazine rings is 1. The van der Waals surface area contributed by atoms with Crippen LogP contribution in [0.4, 0.5) is 5.13 Å². The molecular weight excluding hydrogens is 312 g/mol. The van der Waals surface area contributed by atoms with Gasteiger partial charge in [0.05, 0.1) is 7.11 Å². The predicted octanol–water partition coefficient (Wildman–Crippen LogP) is 1.63. The number of methoxy groups -OCH3 is 1. The van der Waals surface area contributed by atoms with E-state index >= 15 is 0 Å². The molecule has 118 valence electrons. The number of hydrogen-bond acceptors (Lipinski definition) is 7. The normalized spacial score (nSPS) is 18.5. The topological polar surface area (TPSA) is 57.7 Å². The van der Waals surface area contributed by atoms with Crippen LogP contribution in [0.3, 0.4) is 0 Å². The molecule has 6 nitrogen and oxygen atoms in total. The van der Waals surface area contributed by atoms with Gasteiger partial charge in [-0.05, 0) is 14.0 Å². The monoisotopic (exact) mass is 332 g/mol. The number of halogens is 1. The van der Waals surface area contributed by atoms with Gasteiger partial charge in [-0.1, -0.05) is 22.9 Å². The molecule has 0 bridgehead atoms. The van der Waals surface area contributed by atoms with Crippen LogP contribution in [0.1, 0.15) is 16.6 Å². The van der Waals surface area contributed by atoms with E-state index in [1.54, 1.807) is 0 Å². The summed E-state index contributed by atoms with van der Waals surface area (Å²) >= 11 is 7.17. The standard InChI is InChI=1S/C13H21ClN4O2S/c1-9(18-6-4-17(2)5-7-18)8-15-13-16-11(14)10(21-13)12(19)20-3/h9H,4-8H2,1-3H3,(H,15,16). The van der Waals surface area contributed by atoms with Gasteiger partial charge in [-0.15, -0.1) is 0 Å². The van der Waals surface area contributed by atoms with Crippen molar-refractivity contribution in [3.63, 3.8) is 0 Å². The third kappa shape index (κ3) is 4.29. The van der Waals surface area contributed by atoms with E-state index in [1.807, 2.05) is 0 Å². The molecule has 1 atom stereocenters. The molecule has 0 aliphatic carbocycles. The second kappa shape index (κ2) is 7.40. The third-order valence-corrected chi connectivity index (χ3v) is 5.05. The third-order valence-electron chi connectivity index (χ3n) is 3.67. The van der Waals surface area contributed by atoms with Gasteiger partial charge >= 0.3 is 5.97 Å². The molecule has 1 unspecified atom stereocenters. The number of likely N-dealkylation sites (N-methyl/N-ethyl adjacent to an activating group) is 1. The average molecular weight is 333 g/mol. The van der Waals surface area contributed by atoms with Gasteiger partial charge in [0.15, 0.2) is 15.2 Å². The van der Waals surface area contributed by atoms with Crippen LogP contribution in [0, 0.1) is 0 Å². The fraction of sp³-hybridized carbons (Fsp3) is 0.692. The Hall–Kier alpha value is -0.890. The maximum absolute atomic E-state index is 11.5. The molecule has 0 radical (unpaired) electrons. The number of carbonyl (C=O) groups is 1. The van der Waals surface area contributed by atoms with Gasteiger partial charge in [0.2, 0.25) is 0 Å². The summed E-state index contributed by atoms with van der Waals surface area (Å²) < 4.78 is 4.67. The molecule has 1 fully saturated rings. The van der Waals surface area contributed by atoms with Crippen molar-refractivity contribution >= 4 is 34.0 Å². The number of esters is 1. The van der Waals surface area contributed by atoms with Gasteiger partial charge < -0.3 is 15.0 Å². The maximum Gasteiger partial charge on any atom is 0.351 e. The summed E-state index contributed by atoms with van der Waals surface area (Å²) in [6.45, 7) is 7.31. The highest BCUT2D eigenvalue weighted by atomic mass is 35.5. The Bertz CT molecular complexity index is 489. The molecule has 1 saturated heterocycles. The Morgan fingerprint density at radius 3 is 2.76 bits per heavy atom. The summed E-state index contributed by atoms with van der Waals surface area (Å²) in [6, 6.07) is 0.406. The van der Waals surface area contributed by atoms with E-state index in [2.05, 4.69) is 38.8 Å². The van der Waals surface area contributed by atoms with Crippen LogP contribution >= 0.6 is 22.9 Å². The van der Waals surface area contributed by atoms with E-state index in [-0.39, 0.29) is 5.15 Å². The zero-order valence-corrected chi connectivity index (χ0v) is 14.1. The minimum atomic E-state index is -0.447. The number of thiazole rings is 1. The first-order valence-corrected chi connectivity index (χ1v) is 8.11. The van der Waals surface area contributed by atoms with Crippen molar-refractivity contribution in [3.05, 3.63) is 10.0 Å². The molecule has 2 rings (SSSR count). The average Bonchev–Trinajstić information content (AvgIpc) is 2.86. The number of nitrogens with zero attached hydrogens (tertiary/aromatic N) is 3. The summed E-state index contributed by atoms with van der Waals surface area (Å²) in [5.41, 5.74) is 0. The Kier molecular flexibility index (Phi) is 5.80. The highest BCUT2D eigenvalue weighted by molar-refractivity contribution is 7.18. The van der Waals surface area contributed by atoms with E-state index in [9.17, 15) is 4.79 Å². The molecule has 1 aromatic rings. The SMILES string of the molecule is COC(=O)c1sc(NCC(C)N2CCN(C)CC2)nc1Cl. The van der Waals surface area contributed by atoms with Crippen LogP contribution < -0.4 is 5.32 Å². The van der Waals surface area contributed by atoms with Crippen LogP contribution in [0.2, 0.25) is 5.15 Å². The fourth-order valence-electron chi connectivity index (χ4n) is 2.22. The van der Waals surface area contributed by atoms with E-state index in [0.717, 1.165) is 32.7 Å². The van der Waals surface area contributed by atoms with Gasteiger partial charge in [0.1, 0.15) is 0 Å². The van der Waals surface area contributed by atoms with E-state index in [0.29, 0.717) is 16.1 Å². The second-order valence-corrected chi connectivity index (χ2v) is 6.56. The number of carbonyl (C=O) groups excluding carboxylic acids is 1. The lowest BCUT2D eigenvalue weighted by Crippen LogP contribution is -2.49. The zero-order chi connectivity index (χ0) is 15.4. The van der Waals surface area contributed by atoms with Gasteiger partial charge in [0.25, 0.3) is 0 Å². The van der Waals surface area contributed by atoms with Crippen molar-refractivity contribution < 1.29 is 9.53 Å². The molecule has 0 amide bonds. The van der Waals surface area contributed by atoms with Crippen molar-refractivity contribution in [2.24, 2.45) is 0 Å². The molecule has 8 heteroatoms. The number of nitrogens with one attached hydrogen (secondary N) is 1. The number of anilines is 1. The highest BCUT2D eigenvalue weighted by Gasteiger charge is 2.20. The lowest BCUT2D eigenvalue weighted by molar-refractivity contribution is 0.0606. The first-order valence-electron chi connectivity index (χ1n) is 6.92. The van der Waals surface area contributed by atoms with Crippen molar-refractivity contribution in [2.75, 3.05) is 52.2 Å². The first kappa shape index (κ1) is 16.5. The summed E-state index contributed by atoms with van der Waals surface area (Å²) in [4.78, 5) is 20.8. The molecule has 0 aromatic carbocycles. The zero-order valence-electron chi connectivity index (χ0n) is 12.6.